The standard InChI is InChI=1S/C14H19NO4/c1-2-4-12(14(17)18)19-13(16)8-7-10-5-3-6-11(15)9-10/h3,5-6,9,12H,2,4,7-8,15H2,1H3,(H,17,18). The van der Waals surface area contributed by atoms with Crippen molar-refractivity contribution in [2.45, 2.75) is 38.7 Å². The summed E-state index contributed by atoms with van der Waals surface area (Å²) in [6, 6.07) is 7.23. The second kappa shape index (κ2) is 7.41. The molecule has 1 atom stereocenters. The Morgan fingerprint density at radius 2 is 2.16 bits per heavy atom. The number of anilines is 1. The molecule has 0 bridgehead atoms. The Morgan fingerprint density at radius 1 is 1.42 bits per heavy atom. The zero-order valence-electron chi connectivity index (χ0n) is 11.0. The van der Waals surface area contributed by atoms with Crippen LogP contribution in [-0.4, -0.2) is 23.1 Å². The van der Waals surface area contributed by atoms with E-state index in [4.69, 9.17) is 15.6 Å². The maximum absolute atomic E-state index is 11.6. The van der Waals surface area contributed by atoms with Gasteiger partial charge in [-0.25, -0.2) is 4.79 Å². The van der Waals surface area contributed by atoms with Gasteiger partial charge in [0.05, 0.1) is 0 Å². The van der Waals surface area contributed by atoms with E-state index in [2.05, 4.69) is 0 Å². The number of carboxylic acid groups (broad SMARTS) is 1. The van der Waals surface area contributed by atoms with E-state index in [0.717, 1.165) is 5.56 Å². The number of rotatable bonds is 7. The molecule has 19 heavy (non-hydrogen) atoms. The van der Waals surface area contributed by atoms with Crippen LogP contribution in [-0.2, 0) is 20.7 Å². The number of esters is 1. The maximum atomic E-state index is 11.6. The molecule has 0 amide bonds. The van der Waals surface area contributed by atoms with Gasteiger partial charge in [0.2, 0.25) is 0 Å². The molecule has 1 rings (SSSR count). The van der Waals surface area contributed by atoms with E-state index in [-0.39, 0.29) is 6.42 Å². The minimum atomic E-state index is -1.10. The van der Waals surface area contributed by atoms with Gasteiger partial charge in [-0.2, -0.15) is 0 Å². The minimum Gasteiger partial charge on any atom is -0.479 e. The fourth-order valence-corrected chi connectivity index (χ4v) is 1.71. The molecule has 0 radical (unpaired) electrons. The lowest BCUT2D eigenvalue weighted by Crippen LogP contribution is -2.27. The van der Waals surface area contributed by atoms with Gasteiger partial charge in [0, 0.05) is 12.1 Å². The highest BCUT2D eigenvalue weighted by atomic mass is 16.6. The normalized spacial score (nSPS) is 11.8. The molecule has 104 valence electrons. The van der Waals surface area contributed by atoms with E-state index in [1.807, 2.05) is 19.1 Å². The van der Waals surface area contributed by atoms with Crippen LogP contribution in [0.15, 0.2) is 24.3 Å². The number of carbonyl (C=O) groups is 2. The average Bonchev–Trinajstić information content (AvgIpc) is 2.36. The van der Waals surface area contributed by atoms with Gasteiger partial charge in [-0.05, 0) is 30.5 Å². The molecule has 0 aliphatic rings. The molecule has 1 unspecified atom stereocenters. The number of nitrogen functional groups attached to an aromatic ring is 1. The molecule has 1 aromatic carbocycles. The summed E-state index contributed by atoms with van der Waals surface area (Å²) in [5.74, 6) is -1.59. The van der Waals surface area contributed by atoms with Gasteiger partial charge in [-0.15, -0.1) is 0 Å². The summed E-state index contributed by atoms with van der Waals surface area (Å²) in [4.78, 5) is 22.4. The van der Waals surface area contributed by atoms with Crippen molar-refractivity contribution in [3.63, 3.8) is 0 Å². The molecule has 5 nitrogen and oxygen atoms in total. The van der Waals surface area contributed by atoms with Crippen LogP contribution in [0.1, 0.15) is 31.7 Å². The van der Waals surface area contributed by atoms with Crippen LogP contribution >= 0.6 is 0 Å². The summed E-state index contributed by atoms with van der Waals surface area (Å²) in [6.45, 7) is 1.84. The predicted molar refractivity (Wildman–Crippen MR) is 71.6 cm³/mol. The number of nitrogens with two attached hydrogens (primary N) is 1. The summed E-state index contributed by atoms with van der Waals surface area (Å²) in [5.41, 5.74) is 7.20. The largest absolute Gasteiger partial charge is 0.479 e. The Hall–Kier alpha value is -2.04. The first-order valence-electron chi connectivity index (χ1n) is 6.29. The Balaban J connectivity index is 2.44. The SMILES string of the molecule is CCCC(OC(=O)CCc1cccc(N)c1)C(=O)O. The smallest absolute Gasteiger partial charge is 0.345 e. The zero-order chi connectivity index (χ0) is 14.3. The highest BCUT2D eigenvalue weighted by Gasteiger charge is 2.20. The van der Waals surface area contributed by atoms with Crippen molar-refractivity contribution in [1.29, 1.82) is 0 Å². The van der Waals surface area contributed by atoms with E-state index in [9.17, 15) is 9.59 Å². The zero-order valence-corrected chi connectivity index (χ0v) is 11.0. The van der Waals surface area contributed by atoms with Crippen molar-refractivity contribution in [3.05, 3.63) is 29.8 Å². The molecule has 0 aliphatic carbocycles. The Kier molecular flexibility index (Phi) is 5.85. The lowest BCUT2D eigenvalue weighted by atomic mass is 10.1. The number of hydrogen-bond donors (Lipinski definition) is 2. The fraction of sp³-hybridized carbons (Fsp3) is 0.429. The van der Waals surface area contributed by atoms with E-state index in [0.29, 0.717) is 24.9 Å². The van der Waals surface area contributed by atoms with Crippen LogP contribution in [0.2, 0.25) is 0 Å². The fourth-order valence-electron chi connectivity index (χ4n) is 1.71. The van der Waals surface area contributed by atoms with Gasteiger partial charge in [0.25, 0.3) is 0 Å². The molecule has 1 aromatic rings. The van der Waals surface area contributed by atoms with E-state index in [1.54, 1.807) is 12.1 Å². The van der Waals surface area contributed by atoms with Crippen LogP contribution in [0.4, 0.5) is 5.69 Å². The first-order chi connectivity index (χ1) is 9.02. The van der Waals surface area contributed by atoms with Crippen molar-refractivity contribution < 1.29 is 19.4 Å². The Bertz CT molecular complexity index is 445. The average molecular weight is 265 g/mol. The molecular weight excluding hydrogens is 246 g/mol. The van der Waals surface area contributed by atoms with Gasteiger partial charge >= 0.3 is 11.9 Å². The van der Waals surface area contributed by atoms with Crippen LogP contribution < -0.4 is 5.73 Å². The lowest BCUT2D eigenvalue weighted by Gasteiger charge is -2.12. The van der Waals surface area contributed by atoms with Crippen LogP contribution in [0.25, 0.3) is 0 Å². The van der Waals surface area contributed by atoms with Crippen LogP contribution in [0.3, 0.4) is 0 Å². The third kappa shape index (κ3) is 5.42. The predicted octanol–water partition coefficient (Wildman–Crippen LogP) is 2.00. The maximum Gasteiger partial charge on any atom is 0.345 e. The van der Waals surface area contributed by atoms with Crippen molar-refractivity contribution in [1.82, 2.24) is 0 Å². The van der Waals surface area contributed by atoms with Gasteiger partial charge in [-0.3, -0.25) is 4.79 Å². The second-order valence-electron chi connectivity index (χ2n) is 4.35. The van der Waals surface area contributed by atoms with Gasteiger partial charge < -0.3 is 15.6 Å². The first kappa shape index (κ1) is 15.0. The molecule has 0 aliphatic heterocycles. The molecular formula is C14H19NO4. The van der Waals surface area contributed by atoms with E-state index >= 15 is 0 Å². The Labute approximate surface area is 112 Å². The lowest BCUT2D eigenvalue weighted by molar-refractivity contribution is -0.164. The number of aryl methyl sites for hydroxylation is 1. The highest BCUT2D eigenvalue weighted by Crippen LogP contribution is 2.10. The third-order valence-corrected chi connectivity index (χ3v) is 2.67. The molecule has 5 heteroatoms. The number of ether oxygens (including phenoxy) is 1. The van der Waals surface area contributed by atoms with Crippen molar-refractivity contribution in [2.24, 2.45) is 0 Å². The number of hydrogen-bond acceptors (Lipinski definition) is 4. The van der Waals surface area contributed by atoms with Crippen LogP contribution in [0, 0.1) is 0 Å². The summed E-state index contributed by atoms with van der Waals surface area (Å²) in [6.07, 6.45) is 0.580. The van der Waals surface area contributed by atoms with Crippen molar-refractivity contribution in [3.8, 4) is 0 Å². The molecule has 0 fully saturated rings. The van der Waals surface area contributed by atoms with Crippen molar-refractivity contribution in [2.75, 3.05) is 5.73 Å². The second-order valence-corrected chi connectivity index (χ2v) is 4.35. The van der Waals surface area contributed by atoms with E-state index < -0.39 is 18.0 Å². The molecule has 0 aromatic heterocycles. The summed E-state index contributed by atoms with van der Waals surface area (Å²) < 4.78 is 4.93. The molecule has 3 N–H and O–H groups in total. The third-order valence-electron chi connectivity index (χ3n) is 2.67. The summed E-state index contributed by atoms with van der Waals surface area (Å²) in [5, 5.41) is 8.88. The molecule has 0 saturated carbocycles. The quantitative estimate of drug-likeness (QED) is 0.581. The number of aliphatic carboxylic acids is 1. The number of carboxylic acids is 1. The number of carbonyl (C=O) groups excluding carboxylic acids is 1. The van der Waals surface area contributed by atoms with E-state index in [1.165, 1.54) is 0 Å². The van der Waals surface area contributed by atoms with Gasteiger partial charge in [0.15, 0.2) is 6.10 Å². The van der Waals surface area contributed by atoms with Crippen molar-refractivity contribution >= 4 is 17.6 Å². The topological polar surface area (TPSA) is 89.6 Å². The van der Waals surface area contributed by atoms with Crippen LogP contribution in [0.5, 0.6) is 0 Å². The number of benzene rings is 1. The minimum absolute atomic E-state index is 0.150. The summed E-state index contributed by atoms with van der Waals surface area (Å²) in [7, 11) is 0. The molecule has 0 spiro atoms. The van der Waals surface area contributed by atoms with Gasteiger partial charge in [0.1, 0.15) is 0 Å². The van der Waals surface area contributed by atoms with Gasteiger partial charge in [-0.1, -0.05) is 25.5 Å². The first-order valence-corrected chi connectivity index (χ1v) is 6.29. The summed E-state index contributed by atoms with van der Waals surface area (Å²) >= 11 is 0. The molecule has 0 saturated heterocycles. The molecule has 0 heterocycles. The highest BCUT2D eigenvalue weighted by molar-refractivity contribution is 5.78. The Morgan fingerprint density at radius 3 is 2.74 bits per heavy atom. The monoisotopic (exact) mass is 265 g/mol.